The molecule has 1 amide bonds. The fourth-order valence-electron chi connectivity index (χ4n) is 3.45. The summed E-state index contributed by atoms with van der Waals surface area (Å²) in [5.74, 6) is 2.22. The third-order valence-electron chi connectivity index (χ3n) is 5.10. The molecule has 0 saturated heterocycles. The second-order valence-corrected chi connectivity index (χ2v) is 8.21. The predicted molar refractivity (Wildman–Crippen MR) is 129 cm³/mol. The van der Waals surface area contributed by atoms with Crippen molar-refractivity contribution in [2.45, 2.75) is 6.61 Å². The molecule has 1 N–H and O–H groups in total. The third-order valence-corrected chi connectivity index (χ3v) is 5.69. The highest BCUT2D eigenvalue weighted by molar-refractivity contribution is 9.10. The molecule has 1 aliphatic heterocycles. The lowest BCUT2D eigenvalue weighted by molar-refractivity contribution is 0.0929. The van der Waals surface area contributed by atoms with Gasteiger partial charge in [0.2, 0.25) is 6.79 Å². The maximum atomic E-state index is 12.3. The molecule has 0 unspecified atom stereocenters. The molecule has 0 radical (unpaired) electrons. The Balaban J connectivity index is 1.26. The van der Waals surface area contributed by atoms with Gasteiger partial charge in [-0.3, -0.25) is 4.79 Å². The topological polar surface area (TPSA) is 91.5 Å². The molecule has 0 spiro atoms. The van der Waals surface area contributed by atoms with Gasteiger partial charge >= 0.3 is 5.91 Å². The van der Waals surface area contributed by atoms with E-state index in [2.05, 4.69) is 26.5 Å². The van der Waals surface area contributed by atoms with E-state index in [1.807, 2.05) is 42.5 Å². The van der Waals surface area contributed by atoms with E-state index >= 15 is 0 Å². The van der Waals surface area contributed by atoms with Gasteiger partial charge < -0.3 is 23.4 Å². The molecule has 0 fully saturated rings. The average Bonchev–Trinajstić information content (AvgIpc) is 3.49. The van der Waals surface area contributed by atoms with E-state index in [9.17, 15) is 4.79 Å². The standard InChI is InChI=1S/C25H19BrN2O6/c1-30-22-10-16(12-27-28-25(29)23-11-17-4-2-3-5-19(17)34-23)8-18(26)24(22)31-13-15-6-7-20-21(9-15)33-14-32-20/h2-12H,13-14H2,1H3,(H,28,29)/b27-12+. The van der Waals surface area contributed by atoms with Crippen molar-refractivity contribution in [3.8, 4) is 23.0 Å². The smallest absolute Gasteiger partial charge is 0.307 e. The molecule has 8 nitrogen and oxygen atoms in total. The number of hydrazone groups is 1. The van der Waals surface area contributed by atoms with Crippen LogP contribution in [0.4, 0.5) is 0 Å². The number of hydrogen-bond donors (Lipinski definition) is 1. The molecule has 0 saturated carbocycles. The lowest BCUT2D eigenvalue weighted by Crippen LogP contribution is -2.16. The van der Waals surface area contributed by atoms with E-state index in [1.165, 1.54) is 6.21 Å². The molecule has 0 bridgehead atoms. The number of carbonyl (C=O) groups is 1. The van der Waals surface area contributed by atoms with Crippen LogP contribution in [-0.2, 0) is 6.61 Å². The Morgan fingerprint density at radius 1 is 1.12 bits per heavy atom. The summed E-state index contributed by atoms with van der Waals surface area (Å²) in [4.78, 5) is 12.3. The zero-order valence-electron chi connectivity index (χ0n) is 18.0. The Kier molecular flexibility index (Phi) is 6.09. The quantitative estimate of drug-likeness (QED) is 0.262. The van der Waals surface area contributed by atoms with Crippen molar-refractivity contribution in [1.82, 2.24) is 5.43 Å². The second kappa shape index (κ2) is 9.48. The van der Waals surface area contributed by atoms with Gasteiger partial charge in [0.05, 0.1) is 17.8 Å². The van der Waals surface area contributed by atoms with E-state index in [1.54, 1.807) is 25.3 Å². The van der Waals surface area contributed by atoms with Crippen LogP contribution < -0.4 is 24.4 Å². The molecule has 9 heteroatoms. The van der Waals surface area contributed by atoms with E-state index in [0.29, 0.717) is 39.5 Å². The molecule has 172 valence electrons. The minimum absolute atomic E-state index is 0.185. The molecule has 4 aromatic rings. The second-order valence-electron chi connectivity index (χ2n) is 7.36. The van der Waals surface area contributed by atoms with Crippen molar-refractivity contribution in [1.29, 1.82) is 0 Å². The highest BCUT2D eigenvalue weighted by atomic mass is 79.9. The highest BCUT2D eigenvalue weighted by Crippen LogP contribution is 2.38. The summed E-state index contributed by atoms with van der Waals surface area (Å²) < 4.78 is 28.5. The van der Waals surface area contributed by atoms with Crippen LogP contribution >= 0.6 is 15.9 Å². The summed E-state index contributed by atoms with van der Waals surface area (Å²) in [5, 5.41) is 4.88. The van der Waals surface area contributed by atoms with Crippen molar-refractivity contribution in [3.63, 3.8) is 0 Å². The average molecular weight is 523 g/mol. The lowest BCUT2D eigenvalue weighted by Gasteiger charge is -2.13. The fraction of sp³-hybridized carbons (Fsp3) is 0.120. The first-order chi connectivity index (χ1) is 16.6. The van der Waals surface area contributed by atoms with Gasteiger partial charge in [0, 0.05) is 5.39 Å². The van der Waals surface area contributed by atoms with Crippen LogP contribution in [0.5, 0.6) is 23.0 Å². The van der Waals surface area contributed by atoms with Gasteiger partial charge in [-0.15, -0.1) is 0 Å². The van der Waals surface area contributed by atoms with Gasteiger partial charge in [-0.25, -0.2) is 5.43 Å². The van der Waals surface area contributed by atoms with Gasteiger partial charge in [-0.1, -0.05) is 24.3 Å². The number of carbonyl (C=O) groups excluding carboxylic acids is 1. The Morgan fingerprint density at radius 3 is 2.82 bits per heavy atom. The number of halogens is 1. The molecule has 1 aromatic heterocycles. The first kappa shape index (κ1) is 21.8. The molecule has 0 aliphatic carbocycles. The van der Waals surface area contributed by atoms with E-state index in [4.69, 9.17) is 23.4 Å². The number of rotatable bonds is 7. The number of nitrogens with one attached hydrogen (secondary N) is 1. The maximum absolute atomic E-state index is 12.3. The van der Waals surface area contributed by atoms with Crippen LogP contribution in [0, 0.1) is 0 Å². The van der Waals surface area contributed by atoms with Gasteiger partial charge in [0.15, 0.2) is 28.8 Å². The SMILES string of the molecule is COc1cc(/C=N/NC(=O)c2cc3ccccc3o2)cc(Br)c1OCc1ccc2c(c1)OCO2. The van der Waals surface area contributed by atoms with E-state index < -0.39 is 5.91 Å². The zero-order chi connectivity index (χ0) is 23.5. The summed E-state index contributed by atoms with van der Waals surface area (Å²) in [6.07, 6.45) is 1.51. The predicted octanol–water partition coefficient (Wildman–Crippen LogP) is 5.28. The number of para-hydroxylation sites is 1. The van der Waals surface area contributed by atoms with E-state index in [-0.39, 0.29) is 12.6 Å². The third kappa shape index (κ3) is 4.55. The van der Waals surface area contributed by atoms with Crippen LogP contribution in [0.15, 0.2) is 74.7 Å². The van der Waals surface area contributed by atoms with Crippen molar-refractivity contribution in [2.24, 2.45) is 5.10 Å². The molecule has 3 aromatic carbocycles. The summed E-state index contributed by atoms with van der Waals surface area (Å²) >= 11 is 3.53. The molecular weight excluding hydrogens is 504 g/mol. The van der Waals surface area contributed by atoms with Crippen LogP contribution in [0.25, 0.3) is 11.0 Å². The number of nitrogens with zero attached hydrogens (tertiary/aromatic N) is 1. The Labute approximate surface area is 203 Å². The fourth-order valence-corrected chi connectivity index (χ4v) is 4.03. The van der Waals surface area contributed by atoms with Crippen molar-refractivity contribution in [3.05, 3.63) is 82.0 Å². The van der Waals surface area contributed by atoms with Crippen LogP contribution in [0.1, 0.15) is 21.7 Å². The highest BCUT2D eigenvalue weighted by Gasteiger charge is 2.16. The maximum Gasteiger partial charge on any atom is 0.307 e. The molecule has 5 rings (SSSR count). The molecule has 0 atom stereocenters. The monoisotopic (exact) mass is 522 g/mol. The van der Waals surface area contributed by atoms with E-state index in [0.717, 1.165) is 16.7 Å². The minimum Gasteiger partial charge on any atom is -0.493 e. The summed E-state index contributed by atoms with van der Waals surface area (Å²) in [7, 11) is 1.56. The van der Waals surface area contributed by atoms with Gasteiger partial charge in [0.1, 0.15) is 12.2 Å². The van der Waals surface area contributed by atoms with Gasteiger partial charge in [0.25, 0.3) is 0 Å². The van der Waals surface area contributed by atoms with Crippen LogP contribution in [0.2, 0.25) is 0 Å². The zero-order valence-corrected chi connectivity index (χ0v) is 19.6. The molecular formula is C25H19BrN2O6. The number of furan rings is 1. The lowest BCUT2D eigenvalue weighted by atomic mass is 10.2. The Hall–Kier alpha value is -3.98. The van der Waals surface area contributed by atoms with Crippen LogP contribution in [0.3, 0.4) is 0 Å². The summed E-state index contributed by atoms with van der Waals surface area (Å²) in [6, 6.07) is 18.3. The van der Waals surface area contributed by atoms with Gasteiger partial charge in [-0.2, -0.15) is 5.10 Å². The largest absolute Gasteiger partial charge is 0.493 e. The summed E-state index contributed by atoms with van der Waals surface area (Å²) in [6.45, 7) is 0.535. The number of fused-ring (bicyclic) bond motifs is 2. The van der Waals surface area contributed by atoms with Crippen molar-refractivity contribution in [2.75, 3.05) is 13.9 Å². The first-order valence-corrected chi connectivity index (χ1v) is 11.1. The minimum atomic E-state index is -0.442. The van der Waals surface area contributed by atoms with Gasteiger partial charge in [-0.05, 0) is 63.5 Å². The first-order valence-electron chi connectivity index (χ1n) is 10.3. The number of ether oxygens (including phenoxy) is 4. The number of amides is 1. The summed E-state index contributed by atoms with van der Waals surface area (Å²) in [5.41, 5.74) is 4.74. The Bertz CT molecular complexity index is 1360. The van der Waals surface area contributed by atoms with Crippen molar-refractivity contribution >= 4 is 39.0 Å². The normalized spacial score (nSPS) is 12.3. The van der Waals surface area contributed by atoms with Crippen molar-refractivity contribution < 1.29 is 28.2 Å². The molecule has 34 heavy (non-hydrogen) atoms. The number of benzene rings is 3. The number of methoxy groups -OCH3 is 1. The molecule has 1 aliphatic rings. The number of hydrogen-bond acceptors (Lipinski definition) is 7. The Morgan fingerprint density at radius 2 is 1.97 bits per heavy atom. The molecule has 2 heterocycles. The van der Waals surface area contributed by atoms with Crippen LogP contribution in [-0.4, -0.2) is 26.0 Å².